The molecule has 3 amide bonds. The third kappa shape index (κ3) is 4.62. The predicted octanol–water partition coefficient (Wildman–Crippen LogP) is 5.70. The SMILES string of the molecule is Cc1cccc(NC(=O)CN2C(=O)S/C(=C\c3cc4c(cc3C)N(C)C(C)(C)C[C@H]4C)C2=O)c1. The van der Waals surface area contributed by atoms with E-state index in [2.05, 4.69) is 50.2 Å². The van der Waals surface area contributed by atoms with Crippen molar-refractivity contribution in [1.29, 1.82) is 0 Å². The summed E-state index contributed by atoms with van der Waals surface area (Å²) < 4.78 is 0. The number of imide groups is 1. The van der Waals surface area contributed by atoms with Crippen LogP contribution in [-0.2, 0) is 9.59 Å². The van der Waals surface area contributed by atoms with Gasteiger partial charge in [-0.15, -0.1) is 0 Å². The Kier molecular flexibility index (Phi) is 6.34. The molecule has 0 unspecified atom stereocenters. The number of fused-ring (bicyclic) bond motifs is 1. The summed E-state index contributed by atoms with van der Waals surface area (Å²) in [5, 5.41) is 2.33. The molecule has 2 aliphatic heterocycles. The van der Waals surface area contributed by atoms with Gasteiger partial charge in [-0.1, -0.05) is 19.1 Å². The smallest absolute Gasteiger partial charge is 0.294 e. The Morgan fingerprint density at radius 3 is 2.65 bits per heavy atom. The fraction of sp³-hybridized carbons (Fsp3) is 0.370. The molecule has 6 nitrogen and oxygen atoms in total. The van der Waals surface area contributed by atoms with Gasteiger partial charge in [-0.25, -0.2) is 0 Å². The summed E-state index contributed by atoms with van der Waals surface area (Å²) in [6.07, 6.45) is 2.82. The van der Waals surface area contributed by atoms with Gasteiger partial charge in [0.25, 0.3) is 11.1 Å². The second kappa shape index (κ2) is 8.95. The van der Waals surface area contributed by atoms with Crippen LogP contribution in [0.4, 0.5) is 16.2 Å². The van der Waals surface area contributed by atoms with Gasteiger partial charge in [-0.3, -0.25) is 19.3 Å². The molecule has 178 valence electrons. The quantitative estimate of drug-likeness (QED) is 0.572. The first kappa shape index (κ1) is 24.1. The minimum absolute atomic E-state index is 0.0715. The molecule has 0 bridgehead atoms. The molecule has 1 saturated heterocycles. The van der Waals surface area contributed by atoms with Crippen molar-refractivity contribution in [3.05, 3.63) is 63.6 Å². The van der Waals surface area contributed by atoms with Crippen LogP contribution in [0.25, 0.3) is 6.08 Å². The number of hydrogen-bond acceptors (Lipinski definition) is 5. The Bertz CT molecular complexity index is 1220. The van der Waals surface area contributed by atoms with E-state index in [9.17, 15) is 14.4 Å². The maximum Gasteiger partial charge on any atom is 0.294 e. The minimum Gasteiger partial charge on any atom is -0.369 e. The molecule has 0 aromatic heterocycles. The Morgan fingerprint density at radius 2 is 1.94 bits per heavy atom. The van der Waals surface area contributed by atoms with Crippen molar-refractivity contribution in [3.8, 4) is 0 Å². The Labute approximate surface area is 205 Å². The van der Waals surface area contributed by atoms with Crippen LogP contribution < -0.4 is 10.2 Å². The van der Waals surface area contributed by atoms with Crippen molar-refractivity contribution in [3.63, 3.8) is 0 Å². The second-order valence-electron chi connectivity index (χ2n) is 9.93. The van der Waals surface area contributed by atoms with Crippen molar-refractivity contribution in [1.82, 2.24) is 4.90 Å². The summed E-state index contributed by atoms with van der Waals surface area (Å²) in [5.41, 5.74) is 6.14. The van der Waals surface area contributed by atoms with Crippen LogP contribution in [0.3, 0.4) is 0 Å². The summed E-state index contributed by atoms with van der Waals surface area (Å²) in [4.78, 5) is 41.7. The first-order chi connectivity index (χ1) is 16.0. The molecule has 1 fully saturated rings. The molecule has 34 heavy (non-hydrogen) atoms. The lowest BCUT2D eigenvalue weighted by Gasteiger charge is -2.45. The molecule has 0 aliphatic carbocycles. The van der Waals surface area contributed by atoms with Gasteiger partial charge < -0.3 is 10.2 Å². The topological polar surface area (TPSA) is 69.7 Å². The lowest BCUT2D eigenvalue weighted by Crippen LogP contribution is -2.45. The number of carbonyl (C=O) groups is 3. The number of nitrogens with zero attached hydrogens (tertiary/aromatic N) is 2. The van der Waals surface area contributed by atoms with Gasteiger partial charge >= 0.3 is 0 Å². The summed E-state index contributed by atoms with van der Waals surface area (Å²) in [7, 11) is 2.12. The first-order valence-corrected chi connectivity index (χ1v) is 12.3. The fourth-order valence-corrected chi connectivity index (χ4v) is 5.56. The number of rotatable bonds is 4. The van der Waals surface area contributed by atoms with Gasteiger partial charge in [-0.2, -0.15) is 0 Å². The van der Waals surface area contributed by atoms with Crippen molar-refractivity contribution in [2.75, 3.05) is 23.8 Å². The molecule has 7 heteroatoms. The lowest BCUT2D eigenvalue weighted by molar-refractivity contribution is -0.127. The number of thioether (sulfide) groups is 1. The normalized spacial score (nSPS) is 20.6. The molecule has 2 heterocycles. The Morgan fingerprint density at radius 1 is 1.21 bits per heavy atom. The van der Waals surface area contributed by atoms with Crippen LogP contribution in [-0.4, -0.2) is 41.1 Å². The predicted molar refractivity (Wildman–Crippen MR) is 139 cm³/mol. The van der Waals surface area contributed by atoms with Gasteiger partial charge in [0.15, 0.2) is 0 Å². The van der Waals surface area contributed by atoms with Crippen molar-refractivity contribution in [2.45, 2.75) is 52.5 Å². The second-order valence-corrected chi connectivity index (χ2v) is 10.9. The molecule has 1 N–H and O–H groups in total. The Hall–Kier alpha value is -3.06. The van der Waals surface area contributed by atoms with Gasteiger partial charge in [0.05, 0.1) is 4.91 Å². The highest BCUT2D eigenvalue weighted by atomic mass is 32.2. The van der Waals surface area contributed by atoms with E-state index in [1.54, 1.807) is 12.1 Å². The van der Waals surface area contributed by atoms with Gasteiger partial charge in [0.2, 0.25) is 5.91 Å². The highest BCUT2D eigenvalue weighted by Gasteiger charge is 2.37. The third-order valence-corrected chi connectivity index (χ3v) is 7.69. The monoisotopic (exact) mass is 477 g/mol. The van der Waals surface area contributed by atoms with Gasteiger partial charge in [-0.05, 0) is 104 Å². The maximum atomic E-state index is 13.0. The molecule has 4 rings (SSSR count). The van der Waals surface area contributed by atoms with E-state index >= 15 is 0 Å². The molecule has 0 radical (unpaired) electrons. The first-order valence-electron chi connectivity index (χ1n) is 11.5. The fourth-order valence-electron chi connectivity index (χ4n) is 4.73. The minimum atomic E-state index is -0.433. The van der Waals surface area contributed by atoms with Crippen molar-refractivity contribution in [2.24, 2.45) is 0 Å². The number of anilines is 2. The molecule has 0 saturated carbocycles. The van der Waals surface area contributed by atoms with E-state index in [-0.39, 0.29) is 12.1 Å². The van der Waals surface area contributed by atoms with Crippen LogP contribution in [0.1, 0.15) is 55.4 Å². The average molecular weight is 478 g/mol. The standard InChI is InChI=1S/C27H31N3O3S/c1-16-8-7-9-20(10-16)28-24(31)15-30-25(32)23(34-26(30)33)13-19-12-21-18(3)14-27(4,5)29(6)22(21)11-17(19)2/h7-13,18H,14-15H2,1-6H3,(H,28,31)/b23-13-/t18-/m1/s1. The van der Waals surface area contributed by atoms with Crippen LogP contribution in [0.15, 0.2) is 41.3 Å². The zero-order chi connectivity index (χ0) is 24.8. The summed E-state index contributed by atoms with van der Waals surface area (Å²) in [5.74, 6) is -0.453. The molecule has 1 atom stereocenters. The van der Waals surface area contributed by atoms with E-state index in [1.807, 2.05) is 32.0 Å². The number of aryl methyl sites for hydroxylation is 2. The van der Waals surface area contributed by atoms with Crippen LogP contribution in [0.2, 0.25) is 0 Å². The average Bonchev–Trinajstić information content (AvgIpc) is 3.00. The lowest BCUT2D eigenvalue weighted by atomic mass is 9.79. The van der Waals surface area contributed by atoms with E-state index in [4.69, 9.17) is 0 Å². The van der Waals surface area contributed by atoms with Crippen LogP contribution in [0.5, 0.6) is 0 Å². The van der Waals surface area contributed by atoms with Gasteiger partial charge in [0, 0.05) is 24.0 Å². The summed E-state index contributed by atoms with van der Waals surface area (Å²) in [6, 6.07) is 11.7. The molecule has 2 aromatic rings. The van der Waals surface area contributed by atoms with E-state index in [0.29, 0.717) is 16.5 Å². The van der Waals surface area contributed by atoms with Gasteiger partial charge in [0.1, 0.15) is 6.54 Å². The number of nitrogens with one attached hydrogen (secondary N) is 1. The third-order valence-electron chi connectivity index (χ3n) is 6.79. The maximum absolute atomic E-state index is 13.0. The number of benzene rings is 2. The van der Waals surface area contributed by atoms with E-state index in [0.717, 1.165) is 39.8 Å². The van der Waals surface area contributed by atoms with E-state index < -0.39 is 17.1 Å². The van der Waals surface area contributed by atoms with E-state index in [1.165, 1.54) is 11.3 Å². The Balaban J connectivity index is 1.54. The summed E-state index contributed by atoms with van der Waals surface area (Å²) >= 11 is 0.883. The van der Waals surface area contributed by atoms with Crippen LogP contribution in [0, 0.1) is 13.8 Å². The van der Waals surface area contributed by atoms with Crippen molar-refractivity contribution < 1.29 is 14.4 Å². The molecular weight excluding hydrogens is 446 g/mol. The number of amides is 3. The number of carbonyl (C=O) groups excluding carboxylic acids is 3. The molecule has 2 aromatic carbocycles. The van der Waals surface area contributed by atoms with Crippen molar-refractivity contribution >= 4 is 46.3 Å². The molecule has 2 aliphatic rings. The molecular formula is C27H31N3O3S. The summed E-state index contributed by atoms with van der Waals surface area (Å²) in [6.45, 7) is 10.4. The number of hydrogen-bond donors (Lipinski definition) is 1. The zero-order valence-corrected chi connectivity index (χ0v) is 21.4. The van der Waals surface area contributed by atoms with Crippen LogP contribution >= 0.6 is 11.8 Å². The largest absolute Gasteiger partial charge is 0.369 e. The highest BCUT2D eigenvalue weighted by Crippen LogP contribution is 2.44. The molecule has 0 spiro atoms. The zero-order valence-electron chi connectivity index (χ0n) is 20.6. The highest BCUT2D eigenvalue weighted by molar-refractivity contribution is 8.18.